The first kappa shape index (κ1) is 25.4. The molecule has 1 heterocycles. The van der Waals surface area contributed by atoms with Crippen molar-refractivity contribution < 1.29 is 29.9 Å². The van der Waals surface area contributed by atoms with Crippen LogP contribution in [0.4, 0.5) is 0 Å². The van der Waals surface area contributed by atoms with Crippen molar-refractivity contribution in [2.24, 2.45) is 5.41 Å². The van der Waals surface area contributed by atoms with Crippen LogP contribution in [0.25, 0.3) is 0 Å². The molecule has 1 saturated heterocycles. The zero-order chi connectivity index (χ0) is 24.5. The quantitative estimate of drug-likeness (QED) is 0.473. The number of halogens is 1. The molecular formula is C27H35ClO6. The molecular weight excluding hydrogens is 456 g/mol. The summed E-state index contributed by atoms with van der Waals surface area (Å²) in [7, 11) is 0. The van der Waals surface area contributed by atoms with Gasteiger partial charge in [0.1, 0.15) is 35.8 Å². The van der Waals surface area contributed by atoms with E-state index in [1.807, 2.05) is 30.3 Å². The molecule has 4 rings (SSSR count). The molecule has 2 aromatic carbocycles. The van der Waals surface area contributed by atoms with Gasteiger partial charge in [0.15, 0.2) is 0 Å². The number of aliphatic hydroxyl groups is 4. The Labute approximate surface area is 206 Å². The molecule has 0 aromatic heterocycles. The van der Waals surface area contributed by atoms with Crippen molar-refractivity contribution in [1.29, 1.82) is 0 Å². The van der Waals surface area contributed by atoms with Crippen LogP contribution >= 0.6 is 11.6 Å². The van der Waals surface area contributed by atoms with Gasteiger partial charge in [-0.3, -0.25) is 0 Å². The highest BCUT2D eigenvalue weighted by Crippen LogP contribution is 2.40. The predicted molar refractivity (Wildman–Crippen MR) is 130 cm³/mol. The standard InChI is InChI=1S/C27H35ClO6/c1-26(11-3-4-12-26)16-33-20-8-5-17(6-9-20)13-18-14-19(7-10-21(18)28)27(2)25(32)24(31)23(30)22(15-29)34-27/h5-10,14,22-25,29-32H,3-4,11-13,15-16H2,1-2H3/t22-,23-,24+,25-,27-/m1/s1. The highest BCUT2D eigenvalue weighted by Gasteiger charge is 2.51. The molecule has 0 bridgehead atoms. The largest absolute Gasteiger partial charge is 0.493 e. The fraction of sp³-hybridized carbons (Fsp3) is 0.556. The Balaban J connectivity index is 1.49. The van der Waals surface area contributed by atoms with Gasteiger partial charge in [-0.2, -0.15) is 0 Å². The average Bonchev–Trinajstić information content (AvgIpc) is 3.27. The lowest BCUT2D eigenvalue weighted by molar-refractivity contribution is -0.273. The Morgan fingerprint density at radius 1 is 1.00 bits per heavy atom. The van der Waals surface area contributed by atoms with Gasteiger partial charge in [0.25, 0.3) is 0 Å². The minimum absolute atomic E-state index is 0.271. The minimum atomic E-state index is -1.45. The zero-order valence-electron chi connectivity index (χ0n) is 19.8. The molecule has 0 amide bonds. The van der Waals surface area contributed by atoms with Gasteiger partial charge < -0.3 is 29.9 Å². The Hall–Kier alpha value is -1.67. The summed E-state index contributed by atoms with van der Waals surface area (Å²) >= 11 is 6.49. The van der Waals surface area contributed by atoms with Gasteiger partial charge in [0, 0.05) is 10.4 Å². The van der Waals surface area contributed by atoms with E-state index in [1.54, 1.807) is 19.1 Å². The van der Waals surface area contributed by atoms with Crippen LogP contribution in [0.1, 0.15) is 56.2 Å². The first-order valence-corrected chi connectivity index (χ1v) is 12.4. The maximum atomic E-state index is 10.7. The van der Waals surface area contributed by atoms with E-state index in [0.717, 1.165) is 23.5 Å². The maximum Gasteiger partial charge on any atom is 0.119 e. The second kappa shape index (κ2) is 10.1. The molecule has 7 heteroatoms. The molecule has 6 nitrogen and oxygen atoms in total. The lowest BCUT2D eigenvalue weighted by Gasteiger charge is -2.47. The van der Waals surface area contributed by atoms with E-state index < -0.39 is 36.6 Å². The summed E-state index contributed by atoms with van der Waals surface area (Å²) in [5.74, 6) is 0.852. The van der Waals surface area contributed by atoms with E-state index in [1.165, 1.54) is 25.7 Å². The zero-order valence-corrected chi connectivity index (χ0v) is 20.5. The summed E-state index contributed by atoms with van der Waals surface area (Å²) in [4.78, 5) is 0. The van der Waals surface area contributed by atoms with Crippen LogP contribution in [0.5, 0.6) is 5.75 Å². The molecule has 2 fully saturated rings. The van der Waals surface area contributed by atoms with Crippen LogP contribution in [-0.4, -0.2) is 58.1 Å². The van der Waals surface area contributed by atoms with Crippen molar-refractivity contribution in [3.05, 3.63) is 64.2 Å². The Bertz CT molecular complexity index is 972. The first-order chi connectivity index (χ1) is 16.1. The third-order valence-electron chi connectivity index (χ3n) is 7.53. The fourth-order valence-corrected chi connectivity index (χ4v) is 5.33. The summed E-state index contributed by atoms with van der Waals surface area (Å²) in [5, 5.41) is 41.3. The van der Waals surface area contributed by atoms with Crippen molar-refractivity contribution >= 4 is 11.6 Å². The molecule has 186 valence electrons. The molecule has 2 aliphatic rings. The van der Waals surface area contributed by atoms with E-state index in [0.29, 0.717) is 17.0 Å². The second-order valence-electron chi connectivity index (χ2n) is 10.3. The van der Waals surface area contributed by atoms with Crippen LogP contribution in [0.15, 0.2) is 42.5 Å². The third-order valence-corrected chi connectivity index (χ3v) is 7.90. The van der Waals surface area contributed by atoms with Gasteiger partial charge in [-0.25, -0.2) is 0 Å². The summed E-state index contributed by atoms with van der Waals surface area (Å²) in [6, 6.07) is 13.3. The normalized spacial score (nSPS) is 30.9. The van der Waals surface area contributed by atoms with E-state index in [4.69, 9.17) is 21.1 Å². The number of benzene rings is 2. The van der Waals surface area contributed by atoms with Crippen LogP contribution in [0, 0.1) is 5.41 Å². The Morgan fingerprint density at radius 2 is 1.68 bits per heavy atom. The van der Waals surface area contributed by atoms with Gasteiger partial charge in [-0.05, 0) is 61.1 Å². The van der Waals surface area contributed by atoms with Crippen LogP contribution in [-0.2, 0) is 16.8 Å². The van der Waals surface area contributed by atoms with E-state index >= 15 is 0 Å². The second-order valence-corrected chi connectivity index (χ2v) is 10.7. The lowest BCUT2D eigenvalue weighted by atomic mass is 9.80. The summed E-state index contributed by atoms with van der Waals surface area (Å²) in [6.45, 7) is 4.18. The molecule has 1 saturated carbocycles. The van der Waals surface area contributed by atoms with E-state index in [-0.39, 0.29) is 5.41 Å². The smallest absolute Gasteiger partial charge is 0.119 e. The molecule has 0 unspecified atom stereocenters. The van der Waals surface area contributed by atoms with Crippen molar-refractivity contribution in [2.45, 2.75) is 76.0 Å². The molecule has 0 spiro atoms. The number of rotatable bonds is 7. The molecule has 5 atom stereocenters. The van der Waals surface area contributed by atoms with Crippen molar-refractivity contribution in [3.63, 3.8) is 0 Å². The Kier molecular flexibility index (Phi) is 7.58. The predicted octanol–water partition coefficient (Wildman–Crippen LogP) is 3.58. The van der Waals surface area contributed by atoms with Crippen molar-refractivity contribution in [1.82, 2.24) is 0 Å². The summed E-state index contributed by atoms with van der Waals surface area (Å²) < 4.78 is 11.9. The van der Waals surface area contributed by atoms with Crippen LogP contribution in [0.2, 0.25) is 5.02 Å². The van der Waals surface area contributed by atoms with Crippen LogP contribution < -0.4 is 4.74 Å². The third kappa shape index (κ3) is 5.13. The number of hydrogen-bond acceptors (Lipinski definition) is 6. The summed E-state index contributed by atoms with van der Waals surface area (Å²) in [6.07, 6.45) is 0.328. The molecule has 2 aromatic rings. The first-order valence-electron chi connectivity index (χ1n) is 12.0. The monoisotopic (exact) mass is 490 g/mol. The van der Waals surface area contributed by atoms with E-state index in [9.17, 15) is 20.4 Å². The minimum Gasteiger partial charge on any atom is -0.493 e. The lowest BCUT2D eigenvalue weighted by Crippen LogP contribution is -2.62. The van der Waals surface area contributed by atoms with Crippen LogP contribution in [0.3, 0.4) is 0 Å². The maximum absolute atomic E-state index is 10.7. The van der Waals surface area contributed by atoms with Gasteiger partial charge in [-0.15, -0.1) is 0 Å². The topological polar surface area (TPSA) is 99.4 Å². The summed E-state index contributed by atoms with van der Waals surface area (Å²) in [5.41, 5.74) is 1.45. The highest BCUT2D eigenvalue weighted by atomic mass is 35.5. The van der Waals surface area contributed by atoms with E-state index in [2.05, 4.69) is 6.92 Å². The van der Waals surface area contributed by atoms with Gasteiger partial charge in [-0.1, -0.05) is 55.6 Å². The molecule has 34 heavy (non-hydrogen) atoms. The molecule has 1 aliphatic carbocycles. The SMILES string of the molecule is CC1(COc2ccc(Cc3cc([C@@]4(C)O[C@H](CO)[C@@H](O)[C@H](O)[C@H]4O)ccc3Cl)cc2)CCCC1. The number of ether oxygens (including phenoxy) is 2. The van der Waals surface area contributed by atoms with Gasteiger partial charge in [0.2, 0.25) is 0 Å². The number of aliphatic hydroxyl groups excluding tert-OH is 4. The number of hydrogen-bond donors (Lipinski definition) is 4. The van der Waals surface area contributed by atoms with Gasteiger partial charge in [0.05, 0.1) is 13.2 Å². The fourth-order valence-electron chi connectivity index (χ4n) is 5.14. The van der Waals surface area contributed by atoms with Gasteiger partial charge >= 0.3 is 0 Å². The van der Waals surface area contributed by atoms with Crippen molar-refractivity contribution in [2.75, 3.05) is 13.2 Å². The Morgan fingerprint density at radius 3 is 2.32 bits per heavy atom. The molecule has 1 aliphatic heterocycles. The average molecular weight is 491 g/mol. The highest BCUT2D eigenvalue weighted by molar-refractivity contribution is 6.31. The molecule has 0 radical (unpaired) electrons. The van der Waals surface area contributed by atoms with Crippen molar-refractivity contribution in [3.8, 4) is 5.75 Å². The molecule has 4 N–H and O–H groups in total.